The fourth-order valence-corrected chi connectivity index (χ4v) is 2.30. The average Bonchev–Trinajstić information content (AvgIpc) is 2.83. The van der Waals surface area contributed by atoms with Crippen molar-refractivity contribution >= 4 is 5.96 Å². The third-order valence-electron chi connectivity index (χ3n) is 3.74. The summed E-state index contributed by atoms with van der Waals surface area (Å²) in [7, 11) is 0. The summed E-state index contributed by atoms with van der Waals surface area (Å²) in [5.74, 6) is 1.39. The second-order valence-corrected chi connectivity index (χ2v) is 5.38. The smallest absolute Gasteiger partial charge is 0.191 e. The van der Waals surface area contributed by atoms with Crippen molar-refractivity contribution in [1.29, 1.82) is 0 Å². The summed E-state index contributed by atoms with van der Waals surface area (Å²) in [6.07, 6.45) is 4.00. The van der Waals surface area contributed by atoms with Gasteiger partial charge in [0.25, 0.3) is 0 Å². The molecule has 1 unspecified atom stereocenters. The summed E-state index contributed by atoms with van der Waals surface area (Å²) in [6, 6.07) is 0. The maximum atomic E-state index is 10.0. The minimum atomic E-state index is -0.543. The van der Waals surface area contributed by atoms with Crippen molar-refractivity contribution in [2.75, 3.05) is 32.8 Å². The first-order valence-electron chi connectivity index (χ1n) is 7.04. The van der Waals surface area contributed by atoms with Crippen molar-refractivity contribution in [3.05, 3.63) is 0 Å². The zero-order valence-electron chi connectivity index (χ0n) is 11.2. The van der Waals surface area contributed by atoms with Crippen molar-refractivity contribution in [2.45, 2.75) is 38.2 Å². The molecule has 18 heavy (non-hydrogen) atoms. The van der Waals surface area contributed by atoms with E-state index in [1.165, 1.54) is 0 Å². The number of hydrogen-bond donors (Lipinski definition) is 3. The van der Waals surface area contributed by atoms with Gasteiger partial charge in [-0.25, -0.2) is 0 Å². The molecule has 0 aromatic rings. The number of ether oxygens (including phenoxy) is 1. The first-order valence-corrected chi connectivity index (χ1v) is 7.04. The summed E-state index contributed by atoms with van der Waals surface area (Å²) in [5.41, 5.74) is -0.543. The Bertz CT molecular complexity index is 284. The Morgan fingerprint density at radius 2 is 2.28 bits per heavy atom. The molecule has 0 spiro atoms. The lowest BCUT2D eigenvalue weighted by atomic mass is 9.80. The van der Waals surface area contributed by atoms with Gasteiger partial charge in [-0.2, -0.15) is 0 Å². The van der Waals surface area contributed by atoms with Gasteiger partial charge < -0.3 is 20.5 Å². The minimum Gasteiger partial charge on any atom is -0.388 e. The van der Waals surface area contributed by atoms with E-state index in [-0.39, 0.29) is 0 Å². The van der Waals surface area contributed by atoms with Crippen LogP contribution in [0.2, 0.25) is 0 Å². The molecule has 5 nitrogen and oxygen atoms in total. The number of aliphatic hydroxyl groups is 1. The molecule has 1 saturated carbocycles. The van der Waals surface area contributed by atoms with E-state index in [1.54, 1.807) is 0 Å². The first-order chi connectivity index (χ1) is 8.72. The molecule has 0 radical (unpaired) electrons. The van der Waals surface area contributed by atoms with Crippen LogP contribution in [0.25, 0.3) is 0 Å². The lowest BCUT2D eigenvalue weighted by molar-refractivity contribution is -0.0236. The lowest BCUT2D eigenvalue weighted by Crippen LogP contribution is -2.44. The fraction of sp³-hybridized carbons (Fsp3) is 0.923. The molecular formula is C13H25N3O2. The Morgan fingerprint density at radius 3 is 2.83 bits per heavy atom. The second kappa shape index (κ2) is 6.38. The van der Waals surface area contributed by atoms with E-state index in [0.717, 1.165) is 57.9 Å². The molecule has 3 N–H and O–H groups in total. The predicted molar refractivity (Wildman–Crippen MR) is 71.7 cm³/mol. The Balaban J connectivity index is 1.76. The molecule has 1 atom stereocenters. The van der Waals surface area contributed by atoms with Gasteiger partial charge in [-0.05, 0) is 32.6 Å². The van der Waals surface area contributed by atoms with Crippen LogP contribution in [0.4, 0.5) is 0 Å². The standard InChI is InChI=1S/C13H25N3O2/c1-2-14-12(15-8-11-4-7-18-9-11)16-10-13(17)5-3-6-13/h11,17H,2-10H2,1H3,(H2,14,15,16). The molecule has 2 rings (SSSR count). The van der Waals surface area contributed by atoms with E-state index < -0.39 is 5.60 Å². The largest absolute Gasteiger partial charge is 0.388 e. The van der Waals surface area contributed by atoms with Gasteiger partial charge in [0.05, 0.1) is 18.8 Å². The highest BCUT2D eigenvalue weighted by Gasteiger charge is 2.34. The van der Waals surface area contributed by atoms with E-state index in [2.05, 4.69) is 15.6 Å². The molecule has 1 aliphatic heterocycles. The maximum Gasteiger partial charge on any atom is 0.191 e. The van der Waals surface area contributed by atoms with E-state index in [0.29, 0.717) is 12.5 Å². The number of nitrogens with one attached hydrogen (secondary N) is 2. The van der Waals surface area contributed by atoms with Crippen molar-refractivity contribution in [2.24, 2.45) is 10.9 Å². The normalized spacial score (nSPS) is 26.8. The molecule has 0 amide bonds. The highest BCUT2D eigenvalue weighted by atomic mass is 16.5. The average molecular weight is 255 g/mol. The summed E-state index contributed by atoms with van der Waals surface area (Å²) < 4.78 is 5.35. The molecular weight excluding hydrogens is 230 g/mol. The van der Waals surface area contributed by atoms with Crippen molar-refractivity contribution < 1.29 is 9.84 Å². The van der Waals surface area contributed by atoms with Gasteiger partial charge in [0.15, 0.2) is 5.96 Å². The van der Waals surface area contributed by atoms with Crippen molar-refractivity contribution in [3.8, 4) is 0 Å². The fourth-order valence-electron chi connectivity index (χ4n) is 2.30. The highest BCUT2D eigenvalue weighted by Crippen LogP contribution is 2.31. The molecule has 0 aromatic carbocycles. The van der Waals surface area contributed by atoms with Gasteiger partial charge >= 0.3 is 0 Å². The van der Waals surface area contributed by atoms with Crippen LogP contribution in [-0.4, -0.2) is 49.5 Å². The van der Waals surface area contributed by atoms with Crippen LogP contribution in [0.1, 0.15) is 32.6 Å². The van der Waals surface area contributed by atoms with E-state index in [9.17, 15) is 5.11 Å². The number of aliphatic imine (C=N–C) groups is 1. The number of guanidine groups is 1. The third-order valence-corrected chi connectivity index (χ3v) is 3.74. The molecule has 104 valence electrons. The summed E-state index contributed by atoms with van der Waals surface area (Å²) in [4.78, 5) is 4.47. The van der Waals surface area contributed by atoms with Gasteiger partial charge in [0, 0.05) is 25.6 Å². The SMILES string of the molecule is CCNC(=NCC1(O)CCC1)NCC1CCOC1. The van der Waals surface area contributed by atoms with Crippen LogP contribution < -0.4 is 10.6 Å². The van der Waals surface area contributed by atoms with Gasteiger partial charge in [0.1, 0.15) is 0 Å². The molecule has 2 fully saturated rings. The Labute approximate surface area is 109 Å². The minimum absolute atomic E-state index is 0.503. The second-order valence-electron chi connectivity index (χ2n) is 5.38. The molecule has 5 heteroatoms. The Morgan fingerprint density at radius 1 is 1.44 bits per heavy atom. The van der Waals surface area contributed by atoms with E-state index in [4.69, 9.17) is 4.74 Å². The van der Waals surface area contributed by atoms with E-state index >= 15 is 0 Å². The van der Waals surface area contributed by atoms with Crippen LogP contribution in [0.5, 0.6) is 0 Å². The van der Waals surface area contributed by atoms with Gasteiger partial charge in [-0.1, -0.05) is 0 Å². The van der Waals surface area contributed by atoms with Gasteiger partial charge in [0.2, 0.25) is 0 Å². The van der Waals surface area contributed by atoms with Gasteiger partial charge in [-0.15, -0.1) is 0 Å². The maximum absolute atomic E-state index is 10.0. The van der Waals surface area contributed by atoms with Crippen LogP contribution in [-0.2, 0) is 4.74 Å². The van der Waals surface area contributed by atoms with Crippen LogP contribution in [0.3, 0.4) is 0 Å². The lowest BCUT2D eigenvalue weighted by Gasteiger charge is -2.35. The van der Waals surface area contributed by atoms with Crippen molar-refractivity contribution in [1.82, 2.24) is 10.6 Å². The Kier molecular flexibility index (Phi) is 4.83. The van der Waals surface area contributed by atoms with Crippen molar-refractivity contribution in [3.63, 3.8) is 0 Å². The molecule has 1 saturated heterocycles. The number of rotatable bonds is 5. The van der Waals surface area contributed by atoms with E-state index in [1.807, 2.05) is 6.92 Å². The Hall–Kier alpha value is -0.810. The molecule has 1 aliphatic carbocycles. The van der Waals surface area contributed by atoms with Crippen LogP contribution in [0.15, 0.2) is 4.99 Å². The summed E-state index contributed by atoms with van der Waals surface area (Å²) >= 11 is 0. The summed E-state index contributed by atoms with van der Waals surface area (Å²) in [6.45, 7) is 6.00. The molecule has 1 heterocycles. The summed E-state index contributed by atoms with van der Waals surface area (Å²) in [5, 5.41) is 16.6. The predicted octanol–water partition coefficient (Wildman–Crippen LogP) is 0.493. The monoisotopic (exact) mass is 255 g/mol. The number of nitrogens with zero attached hydrogens (tertiary/aromatic N) is 1. The zero-order chi connectivity index (χ0) is 12.8. The third kappa shape index (κ3) is 3.85. The molecule has 2 aliphatic rings. The topological polar surface area (TPSA) is 65.9 Å². The zero-order valence-corrected chi connectivity index (χ0v) is 11.2. The molecule has 0 bridgehead atoms. The first kappa shape index (κ1) is 13.6. The quantitative estimate of drug-likeness (QED) is 0.494. The van der Waals surface area contributed by atoms with Crippen LogP contribution >= 0.6 is 0 Å². The number of hydrogen-bond acceptors (Lipinski definition) is 3. The highest BCUT2D eigenvalue weighted by molar-refractivity contribution is 5.79. The van der Waals surface area contributed by atoms with Crippen LogP contribution in [0, 0.1) is 5.92 Å². The molecule has 0 aromatic heterocycles. The van der Waals surface area contributed by atoms with Gasteiger partial charge in [-0.3, -0.25) is 4.99 Å².